The van der Waals surface area contributed by atoms with E-state index in [1.807, 2.05) is 11.7 Å². The van der Waals surface area contributed by atoms with Crippen molar-refractivity contribution in [1.82, 2.24) is 9.78 Å². The highest BCUT2D eigenvalue weighted by Gasteiger charge is 2.15. The number of aromatic nitrogens is 2. The summed E-state index contributed by atoms with van der Waals surface area (Å²) in [6.45, 7) is 6.36. The van der Waals surface area contributed by atoms with Crippen molar-refractivity contribution >= 4 is 11.6 Å². The highest BCUT2D eigenvalue weighted by atomic mass is 35.5. The van der Waals surface area contributed by atoms with Crippen molar-refractivity contribution in [3.63, 3.8) is 0 Å². The predicted molar refractivity (Wildman–Crippen MR) is 68.7 cm³/mol. The van der Waals surface area contributed by atoms with Crippen LogP contribution < -0.4 is 5.73 Å². The number of nitrogens with two attached hydrogens (primary N) is 1. The highest BCUT2D eigenvalue weighted by molar-refractivity contribution is 6.31. The van der Waals surface area contributed by atoms with Crippen LogP contribution >= 0.6 is 11.6 Å². The van der Waals surface area contributed by atoms with Crippen LogP contribution in [-0.4, -0.2) is 15.8 Å². The van der Waals surface area contributed by atoms with Crippen LogP contribution in [-0.2, 0) is 19.9 Å². The third-order valence-corrected chi connectivity index (χ3v) is 3.51. The molecule has 0 aliphatic heterocycles. The minimum atomic E-state index is 0.232. The Bertz CT molecular complexity index is 344. The molecule has 2 N–H and O–H groups in total. The molecule has 1 heterocycles. The van der Waals surface area contributed by atoms with Gasteiger partial charge in [-0.2, -0.15) is 5.10 Å². The maximum Gasteiger partial charge on any atom is 0.0849 e. The first-order chi connectivity index (χ1) is 7.47. The van der Waals surface area contributed by atoms with Crippen LogP contribution in [0.2, 0.25) is 5.02 Å². The molecule has 1 aromatic heterocycles. The van der Waals surface area contributed by atoms with Crippen molar-refractivity contribution in [2.45, 2.75) is 46.1 Å². The first-order valence-electron chi connectivity index (χ1n) is 5.93. The van der Waals surface area contributed by atoms with Crippen LogP contribution in [0.25, 0.3) is 0 Å². The number of hydrogen-bond donors (Lipinski definition) is 1. The molecule has 1 unspecified atom stereocenters. The molecule has 0 saturated heterocycles. The molecule has 0 saturated carbocycles. The van der Waals surface area contributed by atoms with E-state index in [0.29, 0.717) is 5.92 Å². The third-order valence-electron chi connectivity index (χ3n) is 3.07. The summed E-state index contributed by atoms with van der Waals surface area (Å²) < 4.78 is 1.88. The van der Waals surface area contributed by atoms with Gasteiger partial charge in [-0.05, 0) is 25.2 Å². The lowest BCUT2D eigenvalue weighted by atomic mass is 9.99. The lowest BCUT2D eigenvalue weighted by molar-refractivity contribution is 0.459. The monoisotopic (exact) mass is 243 g/mol. The van der Waals surface area contributed by atoms with Crippen molar-refractivity contribution in [1.29, 1.82) is 0 Å². The largest absolute Gasteiger partial charge is 0.327 e. The van der Waals surface area contributed by atoms with Gasteiger partial charge in [-0.15, -0.1) is 0 Å². The summed E-state index contributed by atoms with van der Waals surface area (Å²) in [5.74, 6) is 0.512. The molecule has 3 nitrogen and oxygen atoms in total. The summed E-state index contributed by atoms with van der Waals surface area (Å²) >= 11 is 6.27. The average molecular weight is 244 g/mol. The first kappa shape index (κ1) is 13.5. The lowest BCUT2D eigenvalue weighted by Crippen LogP contribution is -2.27. The molecule has 0 fully saturated rings. The summed E-state index contributed by atoms with van der Waals surface area (Å²) in [6, 6.07) is 0.232. The fraction of sp³-hybridized carbons (Fsp3) is 0.750. The zero-order valence-corrected chi connectivity index (χ0v) is 11.4. The van der Waals surface area contributed by atoms with Gasteiger partial charge in [-0.3, -0.25) is 4.68 Å². The second-order valence-corrected chi connectivity index (χ2v) is 5.01. The van der Waals surface area contributed by atoms with Gasteiger partial charge in [-0.1, -0.05) is 32.4 Å². The number of rotatable bonds is 5. The Morgan fingerprint density at radius 3 is 2.50 bits per heavy atom. The van der Waals surface area contributed by atoms with E-state index in [0.717, 1.165) is 35.7 Å². The molecule has 0 aliphatic carbocycles. The maximum absolute atomic E-state index is 6.27. The number of nitrogens with zero attached hydrogens (tertiary/aromatic N) is 2. The highest BCUT2D eigenvalue weighted by Crippen LogP contribution is 2.22. The van der Waals surface area contributed by atoms with Gasteiger partial charge in [0.05, 0.1) is 16.4 Å². The summed E-state index contributed by atoms with van der Waals surface area (Å²) in [4.78, 5) is 0. The lowest BCUT2D eigenvalue weighted by Gasteiger charge is -2.15. The summed E-state index contributed by atoms with van der Waals surface area (Å²) in [5, 5.41) is 5.22. The molecule has 0 aliphatic rings. The third kappa shape index (κ3) is 2.98. The van der Waals surface area contributed by atoms with Crippen molar-refractivity contribution < 1.29 is 0 Å². The summed E-state index contributed by atoms with van der Waals surface area (Å²) in [7, 11) is 1.95. The van der Waals surface area contributed by atoms with Crippen molar-refractivity contribution in [2.75, 3.05) is 0 Å². The van der Waals surface area contributed by atoms with Gasteiger partial charge in [0.2, 0.25) is 0 Å². The van der Waals surface area contributed by atoms with Gasteiger partial charge in [0, 0.05) is 13.1 Å². The quantitative estimate of drug-likeness (QED) is 0.864. The fourth-order valence-corrected chi connectivity index (χ4v) is 2.12. The molecule has 0 radical (unpaired) electrons. The van der Waals surface area contributed by atoms with Crippen molar-refractivity contribution in [3.05, 3.63) is 16.4 Å². The summed E-state index contributed by atoms with van der Waals surface area (Å²) in [5.41, 5.74) is 8.12. The van der Waals surface area contributed by atoms with E-state index in [9.17, 15) is 0 Å². The average Bonchev–Trinajstić information content (AvgIpc) is 2.51. The van der Waals surface area contributed by atoms with E-state index in [-0.39, 0.29) is 6.04 Å². The fourth-order valence-electron chi connectivity index (χ4n) is 1.73. The minimum Gasteiger partial charge on any atom is -0.327 e. The van der Waals surface area contributed by atoms with Gasteiger partial charge in [0.1, 0.15) is 0 Å². The summed E-state index contributed by atoms with van der Waals surface area (Å²) in [6.07, 6.45) is 2.74. The van der Waals surface area contributed by atoms with Gasteiger partial charge in [0.25, 0.3) is 0 Å². The number of aryl methyl sites for hydroxylation is 2. The zero-order valence-electron chi connectivity index (χ0n) is 10.6. The molecule has 0 spiro atoms. The molecule has 16 heavy (non-hydrogen) atoms. The van der Waals surface area contributed by atoms with Gasteiger partial charge in [0.15, 0.2) is 0 Å². The second kappa shape index (κ2) is 5.69. The maximum atomic E-state index is 6.27. The molecule has 0 amide bonds. The van der Waals surface area contributed by atoms with Gasteiger partial charge >= 0.3 is 0 Å². The van der Waals surface area contributed by atoms with E-state index in [1.165, 1.54) is 0 Å². The molecular formula is C12H22ClN3. The van der Waals surface area contributed by atoms with Crippen LogP contribution in [0.15, 0.2) is 0 Å². The standard InChI is InChI=1S/C12H22ClN3/c1-5-10-12(13)11(16(4)15-10)7-6-9(14)8(2)3/h8-9H,5-7,14H2,1-4H3. The van der Waals surface area contributed by atoms with E-state index in [4.69, 9.17) is 17.3 Å². The topological polar surface area (TPSA) is 43.8 Å². The Morgan fingerprint density at radius 1 is 1.44 bits per heavy atom. The van der Waals surface area contributed by atoms with E-state index < -0.39 is 0 Å². The molecule has 0 bridgehead atoms. The predicted octanol–water partition coefficient (Wildman–Crippen LogP) is 2.55. The Morgan fingerprint density at radius 2 is 2.06 bits per heavy atom. The van der Waals surface area contributed by atoms with Crippen LogP contribution in [0.5, 0.6) is 0 Å². The molecule has 1 atom stereocenters. The normalized spacial score (nSPS) is 13.4. The Balaban J connectivity index is 2.70. The molecular weight excluding hydrogens is 222 g/mol. The molecule has 1 rings (SSSR count). The SMILES string of the molecule is CCc1nn(C)c(CCC(N)C(C)C)c1Cl. The van der Waals surface area contributed by atoms with Crippen LogP contribution in [0.4, 0.5) is 0 Å². The van der Waals surface area contributed by atoms with Gasteiger partial charge in [-0.25, -0.2) is 0 Å². The molecule has 1 aromatic rings. The number of hydrogen-bond acceptors (Lipinski definition) is 2. The van der Waals surface area contributed by atoms with Crippen molar-refractivity contribution in [2.24, 2.45) is 18.7 Å². The molecule has 0 aromatic carbocycles. The minimum absolute atomic E-state index is 0.232. The van der Waals surface area contributed by atoms with Crippen LogP contribution in [0.3, 0.4) is 0 Å². The van der Waals surface area contributed by atoms with E-state index in [1.54, 1.807) is 0 Å². The van der Waals surface area contributed by atoms with E-state index >= 15 is 0 Å². The Kier molecular flexibility index (Phi) is 4.81. The van der Waals surface area contributed by atoms with Crippen LogP contribution in [0.1, 0.15) is 38.6 Å². The second-order valence-electron chi connectivity index (χ2n) is 4.63. The Labute approximate surface area is 103 Å². The first-order valence-corrected chi connectivity index (χ1v) is 6.31. The van der Waals surface area contributed by atoms with E-state index in [2.05, 4.69) is 25.9 Å². The molecule has 92 valence electrons. The van der Waals surface area contributed by atoms with Crippen LogP contribution in [0, 0.1) is 5.92 Å². The molecule has 4 heteroatoms. The smallest absolute Gasteiger partial charge is 0.0849 e. The zero-order chi connectivity index (χ0) is 12.3. The van der Waals surface area contributed by atoms with Crippen molar-refractivity contribution in [3.8, 4) is 0 Å². The number of halogens is 1. The Hall–Kier alpha value is -0.540. The van der Waals surface area contributed by atoms with Gasteiger partial charge < -0.3 is 5.73 Å².